The first-order valence-electron chi connectivity index (χ1n) is 7.25. The standard InChI is InChI=1S/C15H22F3NS/c1-19-14(7-2-11-8-9-20-10-11)12-3-5-13(6-4-12)15(16,17)18/h8-10,12-14,19H,2-7H2,1H3. The van der Waals surface area contributed by atoms with Gasteiger partial charge in [0.2, 0.25) is 0 Å². The van der Waals surface area contributed by atoms with Gasteiger partial charge < -0.3 is 5.32 Å². The van der Waals surface area contributed by atoms with Gasteiger partial charge in [0.05, 0.1) is 5.92 Å². The zero-order chi connectivity index (χ0) is 14.6. The highest BCUT2D eigenvalue weighted by molar-refractivity contribution is 7.07. The molecule has 1 aromatic rings. The number of aryl methyl sites for hydroxylation is 1. The highest BCUT2D eigenvalue weighted by atomic mass is 32.1. The summed E-state index contributed by atoms with van der Waals surface area (Å²) in [5.74, 6) is -0.689. The Kier molecular flexibility index (Phi) is 5.49. The van der Waals surface area contributed by atoms with Gasteiger partial charge in [-0.3, -0.25) is 0 Å². The topological polar surface area (TPSA) is 12.0 Å². The maximum atomic E-state index is 12.7. The van der Waals surface area contributed by atoms with Crippen LogP contribution in [0.15, 0.2) is 16.8 Å². The quantitative estimate of drug-likeness (QED) is 0.836. The van der Waals surface area contributed by atoms with Gasteiger partial charge in [-0.15, -0.1) is 0 Å². The molecule has 1 nitrogen and oxygen atoms in total. The average Bonchev–Trinajstić information content (AvgIpc) is 2.92. The maximum absolute atomic E-state index is 12.7. The molecule has 20 heavy (non-hydrogen) atoms. The van der Waals surface area contributed by atoms with Crippen LogP contribution in [0.4, 0.5) is 13.2 Å². The Morgan fingerprint density at radius 2 is 2.00 bits per heavy atom. The van der Waals surface area contributed by atoms with Gasteiger partial charge in [-0.2, -0.15) is 24.5 Å². The molecule has 1 N–H and O–H groups in total. The van der Waals surface area contributed by atoms with Gasteiger partial charge in [0.15, 0.2) is 0 Å². The molecule has 0 aliphatic heterocycles. The Morgan fingerprint density at radius 3 is 2.50 bits per heavy atom. The largest absolute Gasteiger partial charge is 0.391 e. The smallest absolute Gasteiger partial charge is 0.317 e. The van der Waals surface area contributed by atoms with E-state index < -0.39 is 12.1 Å². The first-order chi connectivity index (χ1) is 9.50. The van der Waals surface area contributed by atoms with E-state index in [0.29, 0.717) is 37.6 Å². The van der Waals surface area contributed by atoms with Crippen LogP contribution in [-0.2, 0) is 6.42 Å². The average molecular weight is 305 g/mol. The Labute approximate surface area is 122 Å². The molecule has 1 saturated carbocycles. The fourth-order valence-electron chi connectivity index (χ4n) is 3.22. The minimum absolute atomic E-state index is 0.296. The minimum Gasteiger partial charge on any atom is -0.317 e. The zero-order valence-corrected chi connectivity index (χ0v) is 12.6. The molecule has 1 aliphatic rings. The van der Waals surface area contributed by atoms with Crippen LogP contribution in [0.5, 0.6) is 0 Å². The predicted octanol–water partition coefficient (Wildman–Crippen LogP) is 4.64. The van der Waals surface area contributed by atoms with Crippen molar-refractivity contribution in [1.29, 1.82) is 0 Å². The molecular formula is C15H22F3NS. The Bertz CT molecular complexity index is 380. The molecule has 1 fully saturated rings. The monoisotopic (exact) mass is 305 g/mol. The van der Waals surface area contributed by atoms with Gasteiger partial charge in [0.1, 0.15) is 0 Å². The number of nitrogens with one attached hydrogen (secondary N) is 1. The Balaban J connectivity index is 1.81. The van der Waals surface area contributed by atoms with Gasteiger partial charge >= 0.3 is 6.18 Å². The van der Waals surface area contributed by atoms with E-state index in [1.165, 1.54) is 5.56 Å². The van der Waals surface area contributed by atoms with Crippen LogP contribution >= 0.6 is 11.3 Å². The van der Waals surface area contributed by atoms with Crippen molar-refractivity contribution in [3.63, 3.8) is 0 Å². The molecule has 0 aromatic carbocycles. The minimum atomic E-state index is -4.00. The lowest BCUT2D eigenvalue weighted by Crippen LogP contribution is -2.38. The van der Waals surface area contributed by atoms with E-state index in [1.807, 2.05) is 7.05 Å². The van der Waals surface area contributed by atoms with Crippen molar-refractivity contribution in [3.8, 4) is 0 Å². The van der Waals surface area contributed by atoms with E-state index in [4.69, 9.17) is 0 Å². The van der Waals surface area contributed by atoms with E-state index in [1.54, 1.807) is 11.3 Å². The molecule has 0 spiro atoms. The van der Waals surface area contributed by atoms with Crippen LogP contribution in [0.1, 0.15) is 37.7 Å². The molecule has 1 unspecified atom stereocenters. The van der Waals surface area contributed by atoms with E-state index in [9.17, 15) is 13.2 Å². The summed E-state index contributed by atoms with van der Waals surface area (Å²) in [7, 11) is 1.92. The van der Waals surface area contributed by atoms with Crippen LogP contribution in [0.2, 0.25) is 0 Å². The second-order valence-electron chi connectivity index (χ2n) is 5.72. The van der Waals surface area contributed by atoms with Crippen molar-refractivity contribution in [2.24, 2.45) is 11.8 Å². The molecule has 0 saturated heterocycles. The molecule has 0 bridgehead atoms. The summed E-state index contributed by atoms with van der Waals surface area (Å²) in [6.07, 6.45) is -0.00614. The molecular weight excluding hydrogens is 283 g/mol. The van der Waals surface area contributed by atoms with E-state index in [0.717, 1.165) is 12.8 Å². The number of hydrogen-bond donors (Lipinski definition) is 1. The maximum Gasteiger partial charge on any atom is 0.391 e. The number of rotatable bonds is 5. The third kappa shape index (κ3) is 4.22. The fraction of sp³-hybridized carbons (Fsp3) is 0.733. The van der Waals surface area contributed by atoms with Gasteiger partial charge in [-0.25, -0.2) is 0 Å². The third-order valence-electron chi connectivity index (χ3n) is 4.50. The van der Waals surface area contributed by atoms with Crippen molar-refractivity contribution in [2.45, 2.75) is 50.7 Å². The fourth-order valence-corrected chi connectivity index (χ4v) is 3.92. The lowest BCUT2D eigenvalue weighted by Gasteiger charge is -2.34. The first kappa shape index (κ1) is 15.8. The molecule has 114 valence electrons. The normalized spacial score (nSPS) is 25.6. The number of alkyl halides is 3. The van der Waals surface area contributed by atoms with E-state index >= 15 is 0 Å². The SMILES string of the molecule is CNC(CCc1ccsc1)C1CCC(C(F)(F)F)CC1. The second-order valence-corrected chi connectivity index (χ2v) is 6.50. The van der Waals surface area contributed by atoms with Crippen LogP contribution < -0.4 is 5.32 Å². The molecule has 5 heteroatoms. The summed E-state index contributed by atoms with van der Waals surface area (Å²) >= 11 is 1.69. The van der Waals surface area contributed by atoms with Gasteiger partial charge in [0, 0.05) is 6.04 Å². The predicted molar refractivity (Wildman–Crippen MR) is 77.0 cm³/mol. The highest BCUT2D eigenvalue weighted by Crippen LogP contribution is 2.40. The Morgan fingerprint density at radius 1 is 1.30 bits per heavy atom. The van der Waals surface area contributed by atoms with E-state index in [2.05, 4.69) is 22.1 Å². The summed E-state index contributed by atoms with van der Waals surface area (Å²) in [4.78, 5) is 0. The van der Waals surface area contributed by atoms with Crippen LogP contribution in [0, 0.1) is 11.8 Å². The number of hydrogen-bond acceptors (Lipinski definition) is 2. The summed E-state index contributed by atoms with van der Waals surface area (Å²) in [5.41, 5.74) is 1.33. The summed E-state index contributed by atoms with van der Waals surface area (Å²) in [6.45, 7) is 0. The van der Waals surface area contributed by atoms with Crippen molar-refractivity contribution in [3.05, 3.63) is 22.4 Å². The molecule has 0 radical (unpaired) electrons. The van der Waals surface area contributed by atoms with Gasteiger partial charge in [-0.05, 0) is 73.9 Å². The van der Waals surface area contributed by atoms with Gasteiger partial charge in [-0.1, -0.05) is 0 Å². The lowest BCUT2D eigenvalue weighted by atomic mass is 9.77. The van der Waals surface area contributed by atoms with Crippen molar-refractivity contribution in [1.82, 2.24) is 5.32 Å². The summed E-state index contributed by atoms with van der Waals surface area (Å²) in [5, 5.41) is 7.52. The molecule has 1 aromatic heterocycles. The molecule has 1 heterocycles. The molecule has 1 atom stereocenters. The first-order valence-corrected chi connectivity index (χ1v) is 8.20. The third-order valence-corrected chi connectivity index (χ3v) is 5.23. The highest BCUT2D eigenvalue weighted by Gasteiger charge is 2.42. The molecule has 1 aliphatic carbocycles. The second kappa shape index (κ2) is 6.94. The number of thiophene rings is 1. The molecule has 2 rings (SSSR count). The lowest BCUT2D eigenvalue weighted by molar-refractivity contribution is -0.184. The molecule has 0 amide bonds. The van der Waals surface area contributed by atoms with Crippen LogP contribution in [0.3, 0.4) is 0 Å². The van der Waals surface area contributed by atoms with E-state index in [-0.39, 0.29) is 0 Å². The van der Waals surface area contributed by atoms with Gasteiger partial charge in [0.25, 0.3) is 0 Å². The van der Waals surface area contributed by atoms with Crippen LogP contribution in [0.25, 0.3) is 0 Å². The van der Waals surface area contributed by atoms with Crippen molar-refractivity contribution < 1.29 is 13.2 Å². The van der Waals surface area contributed by atoms with Crippen molar-refractivity contribution in [2.75, 3.05) is 7.05 Å². The summed E-state index contributed by atoms with van der Waals surface area (Å²) < 4.78 is 38.0. The number of halogens is 3. The zero-order valence-electron chi connectivity index (χ0n) is 11.7. The van der Waals surface area contributed by atoms with Crippen molar-refractivity contribution >= 4 is 11.3 Å². The van der Waals surface area contributed by atoms with Crippen LogP contribution in [-0.4, -0.2) is 19.3 Å². The Hall–Kier alpha value is -0.550. The summed E-state index contributed by atoms with van der Waals surface area (Å²) in [6, 6.07) is 2.46.